The molecule has 3 heterocycles. The number of aliphatic hydroxyl groups excluding tert-OH is 2. The third-order valence-corrected chi connectivity index (χ3v) is 10.4. The van der Waals surface area contributed by atoms with Gasteiger partial charge >= 0.3 is 0 Å². The van der Waals surface area contributed by atoms with Crippen LogP contribution >= 0.6 is 0 Å². The lowest BCUT2D eigenvalue weighted by Gasteiger charge is -2.65. The monoisotopic (exact) mass is 313 g/mol. The Labute approximate surface area is 137 Å². The summed E-state index contributed by atoms with van der Waals surface area (Å²) in [5.74, 6) is 2.36. The standard InChI is InChI=1S/C20H27NO2/c1-9-10-5-11-16-20-13(6-10)19(11,17(9)23)7-12-15(20)18(2,8-21(12)16)4-3-14(20)22/h10-17,22-23H,1,3-8H2,2H3/t10-,11+,12-,13+,14+,15+,16+,17+,18+,19+,20-/m0/s1. The Hall–Kier alpha value is -0.380. The number of aliphatic hydroxyl groups is 2. The van der Waals surface area contributed by atoms with Gasteiger partial charge in [0, 0.05) is 29.5 Å². The van der Waals surface area contributed by atoms with Gasteiger partial charge < -0.3 is 10.2 Å². The lowest BCUT2D eigenvalue weighted by atomic mass is 9.40. The minimum Gasteiger partial charge on any atom is -0.392 e. The van der Waals surface area contributed by atoms with Gasteiger partial charge in [-0.1, -0.05) is 13.5 Å². The van der Waals surface area contributed by atoms with Crippen LogP contribution < -0.4 is 0 Å². The summed E-state index contributed by atoms with van der Waals surface area (Å²) in [6.45, 7) is 8.05. The van der Waals surface area contributed by atoms with Crippen LogP contribution in [0.15, 0.2) is 12.2 Å². The largest absolute Gasteiger partial charge is 0.392 e. The molecule has 3 heteroatoms. The summed E-state index contributed by atoms with van der Waals surface area (Å²) in [6, 6.07) is 1.19. The number of rotatable bonds is 0. The molecule has 0 aromatic carbocycles. The summed E-state index contributed by atoms with van der Waals surface area (Å²) < 4.78 is 0. The topological polar surface area (TPSA) is 43.7 Å². The number of fused-ring (bicyclic) bond motifs is 1. The maximum absolute atomic E-state index is 11.3. The summed E-state index contributed by atoms with van der Waals surface area (Å²) in [5, 5.41) is 22.6. The van der Waals surface area contributed by atoms with E-state index in [1.807, 2.05) is 0 Å². The zero-order valence-electron chi connectivity index (χ0n) is 13.9. The van der Waals surface area contributed by atoms with Gasteiger partial charge in [0.15, 0.2) is 0 Å². The van der Waals surface area contributed by atoms with Crippen molar-refractivity contribution in [1.29, 1.82) is 0 Å². The molecule has 0 radical (unpaired) electrons. The minimum absolute atomic E-state index is 0.0672. The van der Waals surface area contributed by atoms with Gasteiger partial charge in [-0.05, 0) is 66.8 Å². The van der Waals surface area contributed by atoms with E-state index >= 15 is 0 Å². The van der Waals surface area contributed by atoms with Gasteiger partial charge in [-0.2, -0.15) is 0 Å². The molecule has 1 unspecified atom stereocenters. The Morgan fingerprint density at radius 2 is 2.09 bits per heavy atom. The second kappa shape index (κ2) is 3.20. The summed E-state index contributed by atoms with van der Waals surface area (Å²) in [6.07, 6.45) is 5.38. The SMILES string of the molecule is C=C1[C@H]2C[C@@H]3[C@H]4N5C[C@@]6(C)CC[C@@H](O)[C@@]47[C@@H]6[C@@H]5C[C@]3([C@@H]1O)[C@H]7C2. The van der Waals surface area contributed by atoms with Crippen LogP contribution in [0.2, 0.25) is 0 Å². The maximum Gasteiger partial charge on any atom is 0.0813 e. The second-order valence-electron chi connectivity index (χ2n) is 10.5. The van der Waals surface area contributed by atoms with E-state index in [9.17, 15) is 10.2 Å². The van der Waals surface area contributed by atoms with Gasteiger partial charge in [0.2, 0.25) is 0 Å². The zero-order valence-corrected chi connectivity index (χ0v) is 13.9. The van der Waals surface area contributed by atoms with Gasteiger partial charge in [-0.3, -0.25) is 4.90 Å². The molecule has 0 aromatic rings. The highest BCUT2D eigenvalue weighted by molar-refractivity contribution is 5.43. The molecule has 0 aromatic heterocycles. The van der Waals surface area contributed by atoms with Crippen LogP contribution in [0.3, 0.4) is 0 Å². The van der Waals surface area contributed by atoms with Gasteiger partial charge in [-0.25, -0.2) is 0 Å². The molecule has 3 nitrogen and oxygen atoms in total. The summed E-state index contributed by atoms with van der Waals surface area (Å²) >= 11 is 0. The first kappa shape index (κ1) is 12.9. The number of hydrogen-bond donors (Lipinski definition) is 2. The molecule has 3 saturated heterocycles. The van der Waals surface area contributed by atoms with Crippen LogP contribution in [0.5, 0.6) is 0 Å². The fraction of sp³-hybridized carbons (Fsp3) is 0.900. The van der Waals surface area contributed by atoms with E-state index in [-0.39, 0.29) is 23.0 Å². The first-order chi connectivity index (χ1) is 11.0. The molecule has 9 fully saturated rings. The molecule has 124 valence electrons. The summed E-state index contributed by atoms with van der Waals surface area (Å²) in [7, 11) is 0. The zero-order chi connectivity index (χ0) is 15.5. The molecule has 2 spiro atoms. The average Bonchev–Trinajstić information content (AvgIpc) is 2.94. The molecule has 12 atom stereocenters. The Morgan fingerprint density at radius 3 is 2.91 bits per heavy atom. The Bertz CT molecular complexity index is 677. The van der Waals surface area contributed by atoms with Gasteiger partial charge in [0.1, 0.15) is 0 Å². The van der Waals surface area contributed by atoms with E-state index in [4.69, 9.17) is 0 Å². The van der Waals surface area contributed by atoms with Crippen molar-refractivity contribution in [3.8, 4) is 0 Å². The Balaban J connectivity index is 1.54. The third-order valence-electron chi connectivity index (χ3n) is 10.4. The first-order valence-electron chi connectivity index (χ1n) is 9.77. The lowest BCUT2D eigenvalue weighted by Crippen LogP contribution is -2.65. The number of hydrogen-bond acceptors (Lipinski definition) is 3. The highest BCUT2D eigenvalue weighted by Crippen LogP contribution is 2.86. The Kier molecular flexibility index (Phi) is 1.79. The molecule has 2 N–H and O–H groups in total. The second-order valence-corrected chi connectivity index (χ2v) is 10.5. The van der Waals surface area contributed by atoms with Crippen LogP contribution in [0.25, 0.3) is 0 Å². The van der Waals surface area contributed by atoms with Crippen molar-refractivity contribution in [3.05, 3.63) is 12.2 Å². The van der Waals surface area contributed by atoms with E-state index in [0.29, 0.717) is 41.2 Å². The molecule has 23 heavy (non-hydrogen) atoms. The molecule has 6 saturated carbocycles. The molecule has 6 aliphatic carbocycles. The van der Waals surface area contributed by atoms with Crippen LogP contribution in [-0.2, 0) is 0 Å². The highest BCUT2D eigenvalue weighted by atomic mass is 16.3. The normalized spacial score (nSPS) is 75.6. The third kappa shape index (κ3) is 0.910. The van der Waals surface area contributed by atoms with Crippen molar-refractivity contribution >= 4 is 0 Å². The predicted molar refractivity (Wildman–Crippen MR) is 85.5 cm³/mol. The first-order valence-corrected chi connectivity index (χ1v) is 9.77. The van der Waals surface area contributed by atoms with Crippen molar-refractivity contribution in [2.45, 2.75) is 63.3 Å². The van der Waals surface area contributed by atoms with Crippen molar-refractivity contribution in [2.24, 2.45) is 39.9 Å². The smallest absolute Gasteiger partial charge is 0.0813 e. The van der Waals surface area contributed by atoms with E-state index < -0.39 is 0 Å². The number of piperidine rings is 2. The van der Waals surface area contributed by atoms with Crippen molar-refractivity contribution in [3.63, 3.8) is 0 Å². The molecule has 0 amide bonds. The van der Waals surface area contributed by atoms with E-state index in [2.05, 4.69) is 18.4 Å². The van der Waals surface area contributed by atoms with E-state index in [1.54, 1.807) is 0 Å². The number of nitrogens with zero attached hydrogens (tertiary/aromatic N) is 1. The average molecular weight is 313 g/mol. The van der Waals surface area contributed by atoms with Crippen molar-refractivity contribution < 1.29 is 10.2 Å². The van der Waals surface area contributed by atoms with Crippen LogP contribution in [0.1, 0.15) is 39.0 Å². The minimum atomic E-state index is -0.295. The van der Waals surface area contributed by atoms with Crippen molar-refractivity contribution in [2.75, 3.05) is 6.54 Å². The quantitative estimate of drug-likeness (QED) is 0.670. The van der Waals surface area contributed by atoms with E-state index in [1.165, 1.54) is 32.2 Å². The van der Waals surface area contributed by atoms with Gasteiger partial charge in [-0.15, -0.1) is 0 Å². The van der Waals surface area contributed by atoms with Crippen LogP contribution in [-0.4, -0.2) is 45.9 Å². The molecule has 9 rings (SSSR count). The Morgan fingerprint density at radius 1 is 1.26 bits per heavy atom. The van der Waals surface area contributed by atoms with Crippen molar-refractivity contribution in [1.82, 2.24) is 4.90 Å². The molecular formula is C20H27NO2. The maximum atomic E-state index is 11.3. The molecule has 9 bridgehead atoms. The molecule has 9 aliphatic rings. The summed E-state index contributed by atoms with van der Waals surface area (Å²) in [5.41, 5.74) is 1.72. The highest BCUT2D eigenvalue weighted by Gasteiger charge is 2.89. The predicted octanol–water partition coefficient (Wildman–Crippen LogP) is 1.79. The van der Waals surface area contributed by atoms with Crippen LogP contribution in [0.4, 0.5) is 0 Å². The fourth-order valence-corrected chi connectivity index (χ4v) is 10.3. The summed E-state index contributed by atoms with van der Waals surface area (Å²) in [4.78, 5) is 2.83. The lowest BCUT2D eigenvalue weighted by molar-refractivity contribution is -0.194. The van der Waals surface area contributed by atoms with E-state index in [0.717, 1.165) is 12.0 Å². The van der Waals surface area contributed by atoms with Gasteiger partial charge in [0.25, 0.3) is 0 Å². The molecule has 3 aliphatic heterocycles. The van der Waals surface area contributed by atoms with Crippen LogP contribution in [0, 0.1) is 39.9 Å². The molecular weight excluding hydrogens is 286 g/mol. The van der Waals surface area contributed by atoms with Gasteiger partial charge in [0.05, 0.1) is 12.2 Å². The fourth-order valence-electron chi connectivity index (χ4n) is 10.3.